The fourth-order valence-electron chi connectivity index (χ4n) is 1.54. The zero-order valence-corrected chi connectivity index (χ0v) is 23.0. The minimum absolute atomic E-state index is 0. The monoisotopic (exact) mass is 451 g/mol. The first-order valence-corrected chi connectivity index (χ1v) is 7.38. The van der Waals surface area contributed by atoms with Crippen molar-refractivity contribution in [1.82, 2.24) is 26.7 Å². The van der Waals surface area contributed by atoms with E-state index in [1.54, 1.807) is 13.8 Å². The van der Waals surface area contributed by atoms with Gasteiger partial charge in [-0.3, -0.25) is 25.4 Å². The first-order valence-electron chi connectivity index (χ1n) is 5.75. The van der Waals surface area contributed by atoms with Gasteiger partial charge in [0.1, 0.15) is 0 Å². The van der Waals surface area contributed by atoms with Gasteiger partial charge in [0, 0.05) is 0 Å². The van der Waals surface area contributed by atoms with Crippen molar-refractivity contribution < 1.29 is 112 Å². The minimum Gasteiger partial charge on any atom is -0.410 e. The van der Waals surface area contributed by atoms with E-state index in [4.69, 9.17) is 0 Å². The second-order valence-electron chi connectivity index (χ2n) is 3.99. The van der Waals surface area contributed by atoms with E-state index in [-0.39, 0.29) is 123 Å². The van der Waals surface area contributed by atoms with Gasteiger partial charge in [-0.25, -0.2) is 0 Å². The van der Waals surface area contributed by atoms with Crippen LogP contribution in [0.2, 0.25) is 0 Å². The number of carbonyl (C=O) groups excluding carboxylic acids is 2. The zero-order valence-electron chi connectivity index (χ0n) is 13.5. The molecule has 0 atom stereocenters. The van der Waals surface area contributed by atoms with Gasteiger partial charge in [0.25, 0.3) is 11.8 Å². The van der Waals surface area contributed by atoms with Crippen molar-refractivity contribution in [2.75, 3.05) is 0 Å². The summed E-state index contributed by atoms with van der Waals surface area (Å²) >= 11 is 18.5. The largest absolute Gasteiger partial charge is 1.00 e. The number of pyridine rings is 1. The number of aryl methyl sites for hydroxylation is 2. The van der Waals surface area contributed by atoms with Crippen LogP contribution in [0.3, 0.4) is 0 Å². The van der Waals surface area contributed by atoms with Crippen LogP contribution >= 0.6 is 24.4 Å². The van der Waals surface area contributed by atoms with E-state index in [2.05, 4.69) is 76.4 Å². The Morgan fingerprint density at radius 2 is 1.21 bits per heavy atom. The van der Waals surface area contributed by atoms with E-state index in [1.165, 1.54) is 6.07 Å². The third kappa shape index (κ3) is 9.50. The van der Waals surface area contributed by atoms with E-state index < -0.39 is 11.8 Å². The van der Waals surface area contributed by atoms with Crippen LogP contribution in [0.5, 0.6) is 0 Å². The van der Waals surface area contributed by atoms with Gasteiger partial charge in [-0.2, -0.15) is 0 Å². The number of nitrogens with zero attached hydrogens (tertiary/aromatic N) is 1. The molecule has 0 saturated heterocycles. The molecule has 0 aromatic carbocycles. The molecule has 1 rings (SSSR count). The molecule has 0 bridgehead atoms. The molecule has 7 nitrogen and oxygen atoms in total. The van der Waals surface area contributed by atoms with Crippen molar-refractivity contribution in [2.45, 2.75) is 13.8 Å². The Labute approximate surface area is 246 Å². The van der Waals surface area contributed by atoms with Crippen LogP contribution in [0.4, 0.5) is 0 Å². The van der Waals surface area contributed by atoms with Gasteiger partial charge in [0.05, 0.1) is 22.5 Å². The van der Waals surface area contributed by atoms with E-state index in [1.807, 2.05) is 0 Å². The van der Waals surface area contributed by atoms with Gasteiger partial charge in [0.15, 0.2) is 0 Å². The predicted molar refractivity (Wildman–Crippen MR) is 94.8 cm³/mol. The molecule has 2 amide bonds. The van der Waals surface area contributed by atoms with Gasteiger partial charge < -0.3 is 60.5 Å². The second-order valence-corrected chi connectivity index (χ2v) is 6.14. The van der Waals surface area contributed by atoms with E-state index in [0.29, 0.717) is 11.4 Å². The maximum absolute atomic E-state index is 12.0. The number of hydrogen-bond acceptors (Lipinski definition) is 7. The zero-order chi connectivity index (χ0) is 16.9. The number of amides is 2. The Kier molecular flexibility index (Phi) is 15.9. The third-order valence-electron chi connectivity index (χ3n) is 2.45. The number of rotatable bonds is 2. The van der Waals surface area contributed by atoms with Crippen molar-refractivity contribution >= 4 is 70.1 Å². The molecule has 4 N–H and O–H groups in total. The number of nitrogens with one attached hydrogen (secondary N) is 4. The van der Waals surface area contributed by atoms with Crippen molar-refractivity contribution in [2.24, 2.45) is 0 Å². The van der Waals surface area contributed by atoms with Crippen LogP contribution in [0.1, 0.15) is 32.1 Å². The average Bonchev–Trinajstić information content (AvgIpc) is 2.42. The van der Waals surface area contributed by atoms with E-state index in [0.717, 1.165) is 0 Å². The number of thiocarbonyl (C=S) groups is 2. The normalized spacial score (nSPS) is 8.75. The van der Waals surface area contributed by atoms with Crippen molar-refractivity contribution in [1.29, 1.82) is 0 Å². The number of carbonyl (C=O) groups is 2. The summed E-state index contributed by atoms with van der Waals surface area (Å²) in [5, 5.41) is 0. The smallest absolute Gasteiger partial charge is 0.410 e. The quantitative estimate of drug-likeness (QED) is 0.152. The molecule has 13 heteroatoms. The number of aromatic nitrogens is 1. The molecule has 1 heterocycles. The van der Waals surface area contributed by atoms with Gasteiger partial charge >= 0.3 is 103 Å². The molecule has 1 aromatic rings. The molecular weight excluding hydrogens is 441 g/mol. The van der Waals surface area contributed by atoms with Crippen molar-refractivity contribution in [3.8, 4) is 0 Å². The maximum Gasteiger partial charge on any atom is 1.00 e. The van der Waals surface area contributed by atoms with Crippen LogP contribution in [0, 0.1) is 13.8 Å². The number of hydrazine groups is 2. The fraction of sp³-hybridized carbons (Fsp3) is 0.182. The molecule has 0 saturated carbocycles. The standard InChI is InChI=1S/C11H13N5O2S4.2K/c1-4-6(8(17)13-15-10(19)20)3-7(5(2)12-4)9(18)14-16-11(21)22;;/h3H,1-2H3,(H,13,17)(H,14,18)(H2,15,19,20)(H2,16,21,22);;/q;2*+1/p-2. The molecule has 0 fully saturated rings. The Balaban J connectivity index is 0. The minimum atomic E-state index is -0.516. The molecule has 1 aromatic heterocycles. The Hall–Kier alpha value is 1.58. The molecule has 0 spiro atoms. The Morgan fingerprint density at radius 3 is 1.50 bits per heavy atom. The molecule has 118 valence electrons. The van der Waals surface area contributed by atoms with Crippen LogP contribution in [0.25, 0.3) is 0 Å². The summed E-state index contributed by atoms with van der Waals surface area (Å²) in [6.45, 7) is 3.29. The fourth-order valence-corrected chi connectivity index (χ4v) is 1.74. The molecule has 24 heavy (non-hydrogen) atoms. The summed E-state index contributed by atoms with van der Waals surface area (Å²) in [5.41, 5.74) is 10.6. The summed E-state index contributed by atoms with van der Waals surface area (Å²) in [6.07, 6.45) is 0. The van der Waals surface area contributed by atoms with Crippen LogP contribution in [-0.2, 0) is 25.3 Å². The molecule has 0 aliphatic rings. The van der Waals surface area contributed by atoms with Gasteiger partial charge in [-0.15, -0.1) is 0 Å². The summed E-state index contributed by atoms with van der Waals surface area (Å²) in [6, 6.07) is 1.41. The van der Waals surface area contributed by atoms with Crippen molar-refractivity contribution in [3.05, 3.63) is 28.6 Å². The average molecular weight is 452 g/mol. The van der Waals surface area contributed by atoms with Gasteiger partial charge in [-0.1, -0.05) is 0 Å². The van der Waals surface area contributed by atoms with E-state index >= 15 is 0 Å². The molecule has 0 radical (unpaired) electrons. The summed E-state index contributed by atoms with van der Waals surface area (Å²) in [5.74, 6) is -1.03. The van der Waals surface area contributed by atoms with Crippen molar-refractivity contribution in [3.63, 3.8) is 0 Å². The first-order chi connectivity index (χ1) is 10.2. The van der Waals surface area contributed by atoms with Crippen LogP contribution in [-0.4, -0.2) is 25.4 Å². The molecule has 0 aliphatic carbocycles. The third-order valence-corrected chi connectivity index (χ3v) is 2.86. The summed E-state index contributed by atoms with van der Waals surface area (Å²) < 4.78 is -0.0144. The van der Waals surface area contributed by atoms with Crippen LogP contribution < -0.4 is 124 Å². The molecule has 0 unspecified atom stereocenters. The van der Waals surface area contributed by atoms with Crippen LogP contribution in [0.15, 0.2) is 6.07 Å². The Bertz CT molecular complexity index is 608. The molecular formula is C11H11K2N5O2S4. The summed E-state index contributed by atoms with van der Waals surface area (Å²) in [4.78, 5) is 28.2. The number of hydrogen-bond donors (Lipinski definition) is 4. The molecule has 0 aliphatic heterocycles. The second kappa shape index (κ2) is 13.7. The Morgan fingerprint density at radius 1 is 0.875 bits per heavy atom. The van der Waals surface area contributed by atoms with Gasteiger partial charge in [-0.05, 0) is 28.6 Å². The maximum atomic E-state index is 12.0. The first kappa shape index (κ1) is 27.8. The predicted octanol–water partition coefficient (Wildman–Crippen LogP) is -6.16. The summed E-state index contributed by atoms with van der Waals surface area (Å²) in [7, 11) is 0. The van der Waals surface area contributed by atoms with Gasteiger partial charge in [0.2, 0.25) is 0 Å². The van der Waals surface area contributed by atoms with E-state index in [9.17, 15) is 9.59 Å². The topological polar surface area (TPSA) is 95.2 Å². The SMILES string of the molecule is Cc1nc(C)c(C(=O)NNC(=S)[S-])cc1C(=O)NNC(=S)[S-].[K+].[K+].